The zero-order valence-corrected chi connectivity index (χ0v) is 23.0. The van der Waals surface area contributed by atoms with Crippen molar-refractivity contribution in [2.24, 2.45) is 11.8 Å². The molecule has 214 valence electrons. The Hall–Kier alpha value is -3.01. The number of amides is 2. The Morgan fingerprint density at radius 3 is 2.31 bits per heavy atom. The fraction of sp³-hybridized carbons (Fsp3) is 0.621. The molecule has 2 aliphatic rings. The number of rotatable bonds is 14. The number of Topliss-reactive ketones (excluding diaryl/α,β-unsaturated/α-hetero) is 3. The van der Waals surface area contributed by atoms with Gasteiger partial charge in [-0.25, -0.2) is 8.78 Å². The summed E-state index contributed by atoms with van der Waals surface area (Å²) in [4.78, 5) is 64.8. The van der Waals surface area contributed by atoms with Crippen molar-refractivity contribution in [3.05, 3.63) is 35.9 Å². The van der Waals surface area contributed by atoms with Crippen LogP contribution in [0.3, 0.4) is 0 Å². The van der Waals surface area contributed by atoms with Gasteiger partial charge < -0.3 is 19.7 Å². The third kappa shape index (κ3) is 8.49. The van der Waals surface area contributed by atoms with Crippen LogP contribution in [-0.2, 0) is 35.1 Å². The molecule has 2 aliphatic heterocycles. The normalized spacial score (nSPS) is 23.3. The lowest BCUT2D eigenvalue weighted by atomic mass is 9.88. The molecule has 0 aliphatic carbocycles. The van der Waals surface area contributed by atoms with Gasteiger partial charge in [-0.05, 0) is 38.2 Å². The Balaban J connectivity index is 1.81. The summed E-state index contributed by atoms with van der Waals surface area (Å²) in [6.45, 7) is 6.17. The number of halogens is 2. The van der Waals surface area contributed by atoms with E-state index < -0.39 is 60.1 Å². The maximum atomic E-state index is 14.4. The monoisotopic (exact) mass is 548 g/mol. The van der Waals surface area contributed by atoms with Gasteiger partial charge in [-0.3, -0.25) is 19.2 Å². The van der Waals surface area contributed by atoms with Gasteiger partial charge in [-0.15, -0.1) is 0 Å². The predicted octanol–water partition coefficient (Wildman–Crippen LogP) is 3.30. The number of hydrogen-bond acceptors (Lipinski definition) is 6. The van der Waals surface area contributed by atoms with E-state index in [1.807, 2.05) is 19.9 Å². The van der Waals surface area contributed by atoms with Gasteiger partial charge in [0.1, 0.15) is 11.4 Å². The average Bonchev–Trinajstić information content (AvgIpc) is 3.52. The van der Waals surface area contributed by atoms with E-state index in [0.717, 1.165) is 10.5 Å². The lowest BCUT2D eigenvalue weighted by molar-refractivity contribution is -0.140. The number of carbonyl (C=O) groups excluding carboxylic acids is 5. The number of nitrogens with one attached hydrogen (secondary N) is 1. The third-order valence-electron chi connectivity index (χ3n) is 7.23. The minimum Gasteiger partial charge on any atom is -0.361 e. The predicted molar refractivity (Wildman–Crippen MR) is 139 cm³/mol. The number of nitrogens with zero attached hydrogens (tertiary/aromatic N) is 1. The van der Waals surface area contributed by atoms with Gasteiger partial charge in [-0.1, -0.05) is 44.2 Å². The van der Waals surface area contributed by atoms with E-state index in [1.54, 1.807) is 31.2 Å². The van der Waals surface area contributed by atoms with Crippen molar-refractivity contribution in [2.75, 3.05) is 13.2 Å². The molecule has 0 bridgehead atoms. The SMILES string of the molecule is CC(=O)CCC(=O)N1CC(F)(F)C[C@H]1C(=O)C[C@@H](Cc1ccccc1)C(=O)N[C@@H](CC(C)C)C(=O)[C@@]1(C)CO1. The Bertz CT molecular complexity index is 1090. The largest absolute Gasteiger partial charge is 0.361 e. The molecule has 2 saturated heterocycles. The molecule has 0 spiro atoms. The first kappa shape index (κ1) is 30.5. The van der Waals surface area contributed by atoms with Crippen LogP contribution in [0.1, 0.15) is 65.4 Å². The fourth-order valence-electron chi connectivity index (χ4n) is 4.94. The molecule has 4 atom stereocenters. The summed E-state index contributed by atoms with van der Waals surface area (Å²) in [5.41, 5.74) is -0.186. The van der Waals surface area contributed by atoms with E-state index in [1.165, 1.54) is 6.92 Å². The quantitative estimate of drug-likeness (QED) is 0.357. The highest BCUT2D eigenvalue weighted by Gasteiger charge is 2.51. The van der Waals surface area contributed by atoms with Crippen LogP contribution < -0.4 is 5.32 Å². The molecule has 2 amide bonds. The average molecular weight is 549 g/mol. The second-order valence-corrected chi connectivity index (χ2v) is 11.4. The van der Waals surface area contributed by atoms with Gasteiger partial charge in [0.2, 0.25) is 11.8 Å². The molecule has 8 nitrogen and oxygen atoms in total. The molecular formula is C29H38F2N2O6. The van der Waals surface area contributed by atoms with Crippen LogP contribution in [0.4, 0.5) is 8.78 Å². The van der Waals surface area contributed by atoms with Crippen LogP contribution in [-0.4, -0.2) is 70.8 Å². The number of ether oxygens (including phenoxy) is 1. The van der Waals surface area contributed by atoms with Gasteiger partial charge in [-0.2, -0.15) is 0 Å². The maximum Gasteiger partial charge on any atom is 0.267 e. The minimum absolute atomic E-state index is 0.0890. The Morgan fingerprint density at radius 1 is 1.10 bits per heavy atom. The van der Waals surface area contributed by atoms with Gasteiger partial charge in [0.25, 0.3) is 5.92 Å². The first-order valence-electron chi connectivity index (χ1n) is 13.4. The molecule has 39 heavy (non-hydrogen) atoms. The van der Waals surface area contributed by atoms with Crippen molar-refractivity contribution < 1.29 is 37.5 Å². The summed E-state index contributed by atoms with van der Waals surface area (Å²) in [5, 5.41) is 2.81. The summed E-state index contributed by atoms with van der Waals surface area (Å²) < 4.78 is 34.0. The van der Waals surface area contributed by atoms with Crippen molar-refractivity contribution in [1.29, 1.82) is 0 Å². The van der Waals surface area contributed by atoms with Gasteiger partial charge in [0.15, 0.2) is 11.6 Å². The molecule has 0 aromatic heterocycles. The number of benzene rings is 1. The van der Waals surface area contributed by atoms with Crippen molar-refractivity contribution >= 4 is 29.2 Å². The van der Waals surface area contributed by atoms with E-state index in [0.29, 0.717) is 6.42 Å². The lowest BCUT2D eigenvalue weighted by Crippen LogP contribution is -2.49. The van der Waals surface area contributed by atoms with E-state index in [2.05, 4.69) is 5.32 Å². The van der Waals surface area contributed by atoms with Crippen molar-refractivity contribution in [3.63, 3.8) is 0 Å². The van der Waals surface area contributed by atoms with E-state index in [4.69, 9.17) is 4.74 Å². The van der Waals surface area contributed by atoms with Gasteiger partial charge in [0, 0.05) is 31.6 Å². The molecule has 1 aromatic rings. The molecule has 0 unspecified atom stereocenters. The molecule has 0 radical (unpaired) electrons. The first-order chi connectivity index (χ1) is 18.2. The zero-order chi connectivity index (χ0) is 29.0. The Kier molecular flexibility index (Phi) is 9.74. The summed E-state index contributed by atoms with van der Waals surface area (Å²) in [6.07, 6.45) is -1.05. The topological polar surface area (TPSA) is 113 Å². The Morgan fingerprint density at radius 2 is 1.74 bits per heavy atom. The molecule has 2 heterocycles. The second-order valence-electron chi connectivity index (χ2n) is 11.4. The summed E-state index contributed by atoms with van der Waals surface area (Å²) in [7, 11) is 0. The van der Waals surface area contributed by atoms with Crippen molar-refractivity contribution in [3.8, 4) is 0 Å². The standard InChI is InChI=1S/C29H38F2N2O6/c1-18(2)12-22(26(37)28(4)17-39-28)32-27(38)21(13-20-8-6-5-7-9-20)14-24(35)23-15-29(30,31)16-33(23)25(36)11-10-19(3)34/h5-9,18,21-23H,10-17H2,1-4H3,(H,32,38)/t21-,22+,23+,28-/m1/s1. The maximum absolute atomic E-state index is 14.4. The minimum atomic E-state index is -3.25. The molecular weight excluding hydrogens is 510 g/mol. The number of alkyl halides is 2. The number of likely N-dealkylation sites (tertiary alicyclic amines) is 1. The summed E-state index contributed by atoms with van der Waals surface area (Å²) in [5.74, 6) is -6.48. The highest BCUT2D eigenvalue weighted by molar-refractivity contribution is 5.98. The number of ketones is 3. The van der Waals surface area contributed by atoms with Crippen LogP contribution in [0.25, 0.3) is 0 Å². The van der Waals surface area contributed by atoms with E-state index in [9.17, 15) is 32.8 Å². The molecule has 2 fully saturated rings. The highest BCUT2D eigenvalue weighted by atomic mass is 19.3. The van der Waals surface area contributed by atoms with Crippen molar-refractivity contribution in [2.45, 2.75) is 89.8 Å². The van der Waals surface area contributed by atoms with Crippen LogP contribution in [0.5, 0.6) is 0 Å². The van der Waals surface area contributed by atoms with Gasteiger partial charge >= 0.3 is 0 Å². The number of carbonyl (C=O) groups is 5. The second kappa shape index (κ2) is 12.4. The molecule has 1 aromatic carbocycles. The first-order valence-corrected chi connectivity index (χ1v) is 13.4. The van der Waals surface area contributed by atoms with Crippen LogP contribution in [0.2, 0.25) is 0 Å². The van der Waals surface area contributed by atoms with E-state index in [-0.39, 0.29) is 49.8 Å². The van der Waals surface area contributed by atoms with Gasteiger partial charge in [0.05, 0.1) is 25.2 Å². The van der Waals surface area contributed by atoms with Crippen LogP contribution in [0.15, 0.2) is 30.3 Å². The fourth-order valence-corrected chi connectivity index (χ4v) is 4.94. The number of hydrogen-bond donors (Lipinski definition) is 1. The number of epoxide rings is 1. The smallest absolute Gasteiger partial charge is 0.267 e. The summed E-state index contributed by atoms with van der Waals surface area (Å²) in [6, 6.07) is 6.76. The molecule has 1 N–H and O–H groups in total. The molecule has 10 heteroatoms. The molecule has 0 saturated carbocycles. The third-order valence-corrected chi connectivity index (χ3v) is 7.23. The highest BCUT2D eigenvalue weighted by Crippen LogP contribution is 2.35. The zero-order valence-electron chi connectivity index (χ0n) is 23.0. The van der Waals surface area contributed by atoms with E-state index >= 15 is 0 Å². The Labute approximate surface area is 227 Å². The van der Waals surface area contributed by atoms with Crippen molar-refractivity contribution in [1.82, 2.24) is 10.2 Å². The summed E-state index contributed by atoms with van der Waals surface area (Å²) >= 11 is 0. The molecule has 3 rings (SSSR count). The van der Waals surface area contributed by atoms with Crippen LogP contribution >= 0.6 is 0 Å². The lowest BCUT2D eigenvalue weighted by Gasteiger charge is -2.27. The van der Waals surface area contributed by atoms with Crippen LogP contribution in [0, 0.1) is 11.8 Å².